The molecule has 1 heterocycles. The zero-order chi connectivity index (χ0) is 16.2. The van der Waals surface area contributed by atoms with Gasteiger partial charge in [-0.05, 0) is 23.8 Å². The topological polar surface area (TPSA) is 83.0 Å². The van der Waals surface area contributed by atoms with Gasteiger partial charge in [-0.2, -0.15) is 5.10 Å². The number of carbonyl (C=O) groups is 2. The van der Waals surface area contributed by atoms with E-state index in [0.29, 0.717) is 16.7 Å². The summed E-state index contributed by atoms with van der Waals surface area (Å²) in [6.07, 6.45) is 1.93. The highest BCUT2D eigenvalue weighted by atomic mass is 16.3. The van der Waals surface area contributed by atoms with Crippen molar-refractivity contribution in [3.63, 3.8) is 0 Å². The lowest BCUT2D eigenvalue weighted by Gasteiger charge is -2.06. The molecule has 3 aromatic rings. The third-order valence-corrected chi connectivity index (χ3v) is 3.83. The van der Waals surface area contributed by atoms with Crippen molar-refractivity contribution < 1.29 is 14.7 Å². The lowest BCUT2D eigenvalue weighted by atomic mass is 9.98. The van der Waals surface area contributed by atoms with Gasteiger partial charge in [-0.15, -0.1) is 0 Å². The van der Waals surface area contributed by atoms with Crippen molar-refractivity contribution in [2.75, 3.05) is 0 Å². The number of aliphatic hydroxyl groups is 1. The van der Waals surface area contributed by atoms with E-state index >= 15 is 0 Å². The molecule has 5 nitrogen and oxygen atoms in total. The molecule has 0 saturated heterocycles. The van der Waals surface area contributed by atoms with Gasteiger partial charge in [0.15, 0.2) is 11.6 Å². The van der Waals surface area contributed by atoms with Crippen molar-refractivity contribution in [3.8, 4) is 0 Å². The Bertz CT molecular complexity index is 867. The highest BCUT2D eigenvalue weighted by Gasteiger charge is 2.14. The van der Waals surface area contributed by atoms with E-state index in [4.69, 9.17) is 0 Å². The van der Waals surface area contributed by atoms with E-state index in [1.54, 1.807) is 48.7 Å². The van der Waals surface area contributed by atoms with E-state index in [2.05, 4.69) is 10.2 Å². The number of hydrogen-bond acceptors (Lipinski definition) is 4. The number of aromatic nitrogens is 2. The second kappa shape index (κ2) is 6.54. The molecule has 2 aromatic carbocycles. The molecule has 0 aliphatic carbocycles. The molecule has 0 aliphatic rings. The Morgan fingerprint density at radius 2 is 1.83 bits per heavy atom. The van der Waals surface area contributed by atoms with Crippen molar-refractivity contribution in [3.05, 3.63) is 65.4 Å². The summed E-state index contributed by atoms with van der Waals surface area (Å²) < 4.78 is 0. The maximum absolute atomic E-state index is 12.3. The van der Waals surface area contributed by atoms with E-state index in [1.165, 1.54) is 0 Å². The average Bonchev–Trinajstić information content (AvgIpc) is 3.06. The molecular formula is C18H16N2O3. The van der Waals surface area contributed by atoms with Crippen LogP contribution in [0.15, 0.2) is 48.7 Å². The summed E-state index contributed by atoms with van der Waals surface area (Å²) in [6, 6.07) is 12.2. The first-order valence-corrected chi connectivity index (χ1v) is 7.37. The summed E-state index contributed by atoms with van der Waals surface area (Å²) in [7, 11) is 0. The Morgan fingerprint density at radius 3 is 2.65 bits per heavy atom. The number of benzene rings is 2. The third kappa shape index (κ3) is 3.19. The third-order valence-electron chi connectivity index (χ3n) is 3.83. The van der Waals surface area contributed by atoms with Crippen LogP contribution in [-0.2, 0) is 6.61 Å². The van der Waals surface area contributed by atoms with E-state index in [1.807, 2.05) is 0 Å². The molecule has 0 aliphatic heterocycles. The van der Waals surface area contributed by atoms with Gasteiger partial charge in [-0.3, -0.25) is 14.7 Å². The molecule has 23 heavy (non-hydrogen) atoms. The smallest absolute Gasteiger partial charge is 0.163 e. The van der Waals surface area contributed by atoms with Gasteiger partial charge in [0.2, 0.25) is 0 Å². The summed E-state index contributed by atoms with van der Waals surface area (Å²) in [5.41, 5.74) is 2.51. The number of aromatic amines is 1. The van der Waals surface area contributed by atoms with Crippen molar-refractivity contribution in [2.45, 2.75) is 19.4 Å². The predicted molar refractivity (Wildman–Crippen MR) is 86.4 cm³/mol. The number of Topliss-reactive ketones (excluding diaryl/α,β-unsaturated/α-hetero) is 2. The van der Waals surface area contributed by atoms with Crippen LogP contribution in [0.5, 0.6) is 0 Å². The molecule has 0 amide bonds. The van der Waals surface area contributed by atoms with Crippen LogP contribution in [0.25, 0.3) is 10.9 Å². The highest BCUT2D eigenvalue weighted by Crippen LogP contribution is 2.17. The number of carbonyl (C=O) groups excluding carboxylic acids is 2. The zero-order valence-electron chi connectivity index (χ0n) is 12.5. The Morgan fingerprint density at radius 1 is 1.04 bits per heavy atom. The van der Waals surface area contributed by atoms with Gasteiger partial charge in [0.1, 0.15) is 0 Å². The standard InChI is InChI=1S/C18H16N2O3/c21-11-13-3-1-2-4-15(13)18(23)8-7-17(22)12-5-6-16-14(9-12)10-19-20-16/h1-6,9-10,21H,7-8,11H2,(H,19,20). The Hall–Kier alpha value is -2.79. The molecule has 3 rings (SSSR count). The molecule has 116 valence electrons. The minimum atomic E-state index is -0.187. The molecule has 2 N–H and O–H groups in total. The van der Waals surface area contributed by atoms with Crippen molar-refractivity contribution in [1.82, 2.24) is 10.2 Å². The number of nitrogens with zero attached hydrogens (tertiary/aromatic N) is 1. The number of H-pyrrole nitrogens is 1. The number of ketones is 2. The van der Waals surface area contributed by atoms with Crippen molar-refractivity contribution >= 4 is 22.5 Å². The lowest BCUT2D eigenvalue weighted by Crippen LogP contribution is -2.07. The zero-order valence-corrected chi connectivity index (χ0v) is 12.5. The van der Waals surface area contributed by atoms with Crippen LogP contribution in [0.4, 0.5) is 0 Å². The van der Waals surface area contributed by atoms with Crippen LogP contribution in [0.1, 0.15) is 39.1 Å². The van der Waals surface area contributed by atoms with Gasteiger partial charge in [0.05, 0.1) is 18.3 Å². The van der Waals surface area contributed by atoms with E-state index in [9.17, 15) is 14.7 Å². The molecule has 1 aromatic heterocycles. The van der Waals surface area contributed by atoms with E-state index in [-0.39, 0.29) is 31.0 Å². The normalized spacial score (nSPS) is 10.8. The second-order valence-electron chi connectivity index (χ2n) is 5.33. The quantitative estimate of drug-likeness (QED) is 0.686. The Balaban J connectivity index is 1.69. The highest BCUT2D eigenvalue weighted by molar-refractivity contribution is 6.04. The fraction of sp³-hybridized carbons (Fsp3) is 0.167. The van der Waals surface area contributed by atoms with Gasteiger partial charge >= 0.3 is 0 Å². The summed E-state index contributed by atoms with van der Waals surface area (Å²) >= 11 is 0. The summed E-state index contributed by atoms with van der Waals surface area (Å²) in [5, 5.41) is 16.9. The van der Waals surface area contributed by atoms with E-state index in [0.717, 1.165) is 10.9 Å². The first-order valence-electron chi connectivity index (χ1n) is 7.37. The van der Waals surface area contributed by atoms with Crippen LogP contribution < -0.4 is 0 Å². The van der Waals surface area contributed by atoms with Gasteiger partial charge < -0.3 is 5.11 Å². The molecule has 0 unspecified atom stereocenters. The predicted octanol–water partition coefficient (Wildman–Crippen LogP) is 2.90. The molecular weight excluding hydrogens is 292 g/mol. The average molecular weight is 308 g/mol. The number of hydrogen-bond donors (Lipinski definition) is 2. The summed E-state index contributed by atoms with van der Waals surface area (Å²) in [5.74, 6) is -0.213. The molecule has 0 atom stereocenters. The van der Waals surface area contributed by atoms with Gasteiger partial charge in [-0.1, -0.05) is 24.3 Å². The molecule has 0 bridgehead atoms. The largest absolute Gasteiger partial charge is 0.392 e. The molecule has 0 radical (unpaired) electrons. The summed E-state index contributed by atoms with van der Waals surface area (Å²) in [4.78, 5) is 24.5. The maximum Gasteiger partial charge on any atom is 0.163 e. The van der Waals surface area contributed by atoms with Crippen LogP contribution >= 0.6 is 0 Å². The van der Waals surface area contributed by atoms with Gasteiger partial charge in [-0.25, -0.2) is 0 Å². The van der Waals surface area contributed by atoms with Crippen LogP contribution in [0.2, 0.25) is 0 Å². The molecule has 5 heteroatoms. The summed E-state index contributed by atoms with van der Waals surface area (Å²) in [6.45, 7) is -0.187. The van der Waals surface area contributed by atoms with Crippen molar-refractivity contribution in [1.29, 1.82) is 0 Å². The lowest BCUT2D eigenvalue weighted by molar-refractivity contribution is 0.0916. The number of rotatable bonds is 6. The number of aliphatic hydroxyl groups excluding tert-OH is 1. The molecule has 0 fully saturated rings. The first kappa shape index (κ1) is 15.1. The fourth-order valence-electron chi connectivity index (χ4n) is 2.55. The van der Waals surface area contributed by atoms with Crippen molar-refractivity contribution in [2.24, 2.45) is 0 Å². The fourth-order valence-corrected chi connectivity index (χ4v) is 2.55. The van der Waals surface area contributed by atoms with E-state index < -0.39 is 0 Å². The maximum atomic E-state index is 12.3. The minimum Gasteiger partial charge on any atom is -0.392 e. The number of fused-ring (bicyclic) bond motifs is 1. The SMILES string of the molecule is O=C(CCC(=O)c1ccccc1CO)c1ccc2[nH]ncc2c1. The minimum absolute atomic E-state index is 0.0806. The Kier molecular flexibility index (Phi) is 4.30. The first-order chi connectivity index (χ1) is 11.2. The van der Waals surface area contributed by atoms with Crippen LogP contribution in [-0.4, -0.2) is 26.9 Å². The van der Waals surface area contributed by atoms with Crippen LogP contribution in [0, 0.1) is 0 Å². The van der Waals surface area contributed by atoms with Gasteiger partial charge in [0, 0.05) is 29.4 Å². The second-order valence-corrected chi connectivity index (χ2v) is 5.33. The van der Waals surface area contributed by atoms with Crippen LogP contribution in [0.3, 0.4) is 0 Å². The monoisotopic (exact) mass is 308 g/mol. The van der Waals surface area contributed by atoms with Gasteiger partial charge in [0.25, 0.3) is 0 Å². The molecule has 0 saturated carbocycles. The Labute approximate surface area is 133 Å². The molecule has 0 spiro atoms. The number of nitrogens with one attached hydrogen (secondary N) is 1.